The highest BCUT2D eigenvalue weighted by atomic mass is 19.3. The first kappa shape index (κ1) is 28.9. The van der Waals surface area contributed by atoms with E-state index in [4.69, 9.17) is 14.5 Å². The zero-order chi connectivity index (χ0) is 29.3. The highest BCUT2D eigenvalue weighted by molar-refractivity contribution is 6.15. The fraction of sp³-hybridized carbons (Fsp3) is 0.500. The van der Waals surface area contributed by atoms with E-state index in [9.17, 15) is 23.5 Å². The summed E-state index contributed by atoms with van der Waals surface area (Å²) in [5.74, 6) is -0.0363. The predicted octanol–water partition coefficient (Wildman–Crippen LogP) is 2.99. The van der Waals surface area contributed by atoms with Gasteiger partial charge in [-0.25, -0.2) is 0 Å². The first-order chi connectivity index (χ1) is 19.6. The molecule has 2 fully saturated rings. The second-order valence-corrected chi connectivity index (χ2v) is 11.0. The molecule has 3 atom stereocenters. The van der Waals surface area contributed by atoms with Gasteiger partial charge in [0.25, 0.3) is 5.91 Å². The van der Waals surface area contributed by atoms with Crippen molar-refractivity contribution in [1.29, 1.82) is 0 Å². The van der Waals surface area contributed by atoms with E-state index in [1.54, 1.807) is 48.2 Å². The van der Waals surface area contributed by atoms with E-state index in [0.29, 0.717) is 63.3 Å². The Morgan fingerprint density at radius 1 is 1.07 bits per heavy atom. The Morgan fingerprint density at radius 3 is 2.41 bits per heavy atom. The summed E-state index contributed by atoms with van der Waals surface area (Å²) in [6.07, 6.45) is 1.30. The summed E-state index contributed by atoms with van der Waals surface area (Å²) in [5.41, 5.74) is 3.57. The van der Waals surface area contributed by atoms with Crippen LogP contribution in [0.25, 0.3) is 0 Å². The molecule has 11 heteroatoms. The minimum Gasteiger partial charge on any atom is -0.493 e. The van der Waals surface area contributed by atoms with Crippen LogP contribution in [0.15, 0.2) is 41.4 Å². The van der Waals surface area contributed by atoms with Crippen LogP contribution >= 0.6 is 0 Å². The molecule has 2 amide bonds. The molecule has 2 aliphatic heterocycles. The van der Waals surface area contributed by atoms with E-state index in [-0.39, 0.29) is 35.3 Å². The van der Waals surface area contributed by atoms with Crippen LogP contribution < -0.4 is 9.47 Å². The van der Waals surface area contributed by atoms with E-state index in [1.165, 1.54) is 7.11 Å². The molecule has 41 heavy (non-hydrogen) atoms. The third kappa shape index (κ3) is 6.20. The number of halogens is 2. The van der Waals surface area contributed by atoms with Crippen LogP contribution in [0.1, 0.15) is 52.2 Å². The molecule has 2 aromatic carbocycles. The maximum Gasteiger partial charge on any atom is 0.387 e. The van der Waals surface area contributed by atoms with Gasteiger partial charge in [0.1, 0.15) is 0 Å². The summed E-state index contributed by atoms with van der Waals surface area (Å²) in [7, 11) is 4.86. The lowest BCUT2D eigenvalue weighted by molar-refractivity contribution is -0.130. The number of aliphatic hydroxyl groups is 1. The van der Waals surface area contributed by atoms with Crippen LogP contribution in [0, 0.1) is 0 Å². The molecular weight excluding hydrogens is 534 g/mol. The number of ether oxygens (including phenoxy) is 2. The molecule has 0 aromatic heterocycles. The molecule has 5 rings (SSSR count). The normalized spacial score (nSPS) is 22.5. The lowest BCUT2D eigenvalue weighted by atomic mass is 9.74. The van der Waals surface area contributed by atoms with E-state index < -0.39 is 12.7 Å². The third-order valence-corrected chi connectivity index (χ3v) is 8.21. The number of nitrogens with zero attached hydrogens (tertiary/aromatic N) is 4. The molecule has 1 N–H and O–H groups in total. The number of aliphatic hydroxyl groups excluding tert-OH is 1. The van der Waals surface area contributed by atoms with Crippen molar-refractivity contribution < 1.29 is 33.0 Å². The molecule has 1 saturated heterocycles. The van der Waals surface area contributed by atoms with Crippen molar-refractivity contribution in [3.05, 3.63) is 58.7 Å². The van der Waals surface area contributed by atoms with E-state index in [1.807, 2.05) is 12.1 Å². The van der Waals surface area contributed by atoms with Crippen molar-refractivity contribution in [1.82, 2.24) is 14.7 Å². The fourth-order valence-corrected chi connectivity index (χ4v) is 5.92. The molecule has 3 unspecified atom stereocenters. The minimum atomic E-state index is -3.00. The maximum atomic E-state index is 13.2. The van der Waals surface area contributed by atoms with Gasteiger partial charge in [-0.2, -0.15) is 8.78 Å². The molecule has 1 aliphatic carbocycles. The molecule has 3 aliphatic rings. The maximum absolute atomic E-state index is 13.2. The monoisotopic (exact) mass is 570 g/mol. The van der Waals surface area contributed by atoms with Crippen LogP contribution in [-0.4, -0.2) is 110 Å². The van der Waals surface area contributed by atoms with Crippen molar-refractivity contribution in [2.75, 3.05) is 53.9 Å². The first-order valence-corrected chi connectivity index (χ1v) is 13.9. The van der Waals surface area contributed by atoms with Crippen molar-refractivity contribution in [3.63, 3.8) is 0 Å². The van der Waals surface area contributed by atoms with Crippen LogP contribution in [0.2, 0.25) is 0 Å². The largest absolute Gasteiger partial charge is 0.493 e. The van der Waals surface area contributed by atoms with E-state index in [0.717, 1.165) is 16.7 Å². The van der Waals surface area contributed by atoms with E-state index in [2.05, 4.69) is 4.90 Å². The number of amides is 2. The lowest BCUT2D eigenvalue weighted by Gasteiger charge is -2.37. The number of rotatable bonds is 7. The number of benzene rings is 2. The van der Waals surface area contributed by atoms with Crippen molar-refractivity contribution in [2.45, 2.75) is 43.9 Å². The zero-order valence-electron chi connectivity index (χ0n) is 23.6. The standard InChI is InChI=1S/C30H36F2N4O5/c1-34(2)27(38)17-35-10-12-36(13-11-35)29(39)19-6-4-18(5-7-19)28-23-16-25(40-3)26(41-30(31)32)15-21(23)22-14-20(37)8-9-24(22)33-28/h4-7,15-16,20,22,24,30,37H,8-14,17H2,1-3H3. The highest BCUT2D eigenvalue weighted by Crippen LogP contribution is 2.45. The molecule has 0 spiro atoms. The molecule has 2 heterocycles. The van der Waals surface area contributed by atoms with Gasteiger partial charge in [-0.05, 0) is 49.1 Å². The van der Waals surface area contributed by atoms with Crippen LogP contribution in [-0.2, 0) is 4.79 Å². The van der Waals surface area contributed by atoms with Crippen LogP contribution in [0.4, 0.5) is 8.78 Å². The van der Waals surface area contributed by atoms with E-state index >= 15 is 0 Å². The molecule has 1 saturated carbocycles. The SMILES string of the molecule is COc1cc2c(cc1OC(F)F)C1CC(O)CCC1N=C2c1ccc(C(=O)N2CCN(CC(=O)N(C)C)CC2)cc1. The second kappa shape index (κ2) is 12.1. The number of fused-ring (bicyclic) bond motifs is 3. The average molecular weight is 571 g/mol. The number of alkyl halides is 2. The topological polar surface area (TPSA) is 94.9 Å². The Labute approximate surface area is 238 Å². The molecule has 2 aromatic rings. The predicted molar refractivity (Wildman–Crippen MR) is 149 cm³/mol. The number of aliphatic imine (C=N–C) groups is 1. The summed E-state index contributed by atoms with van der Waals surface area (Å²) in [4.78, 5) is 35.7. The van der Waals surface area contributed by atoms with Gasteiger partial charge in [-0.3, -0.25) is 19.5 Å². The summed E-state index contributed by atoms with van der Waals surface area (Å²) >= 11 is 0. The average Bonchev–Trinajstić information content (AvgIpc) is 2.96. The molecule has 9 nitrogen and oxygen atoms in total. The second-order valence-electron chi connectivity index (χ2n) is 11.0. The quantitative estimate of drug-likeness (QED) is 0.550. The summed E-state index contributed by atoms with van der Waals surface area (Å²) in [5, 5.41) is 10.4. The van der Waals surface area contributed by atoms with Gasteiger partial charge in [-0.1, -0.05) is 12.1 Å². The summed E-state index contributed by atoms with van der Waals surface area (Å²) in [6.45, 7) is -0.312. The Kier molecular flexibility index (Phi) is 8.55. The molecule has 220 valence electrons. The molecule has 0 bridgehead atoms. The first-order valence-electron chi connectivity index (χ1n) is 13.9. The Balaban J connectivity index is 1.37. The van der Waals surface area contributed by atoms with Gasteiger partial charge < -0.3 is 24.4 Å². The van der Waals surface area contributed by atoms with Crippen molar-refractivity contribution in [2.24, 2.45) is 4.99 Å². The Bertz CT molecular complexity index is 1310. The van der Waals surface area contributed by atoms with Crippen LogP contribution in [0.3, 0.4) is 0 Å². The lowest BCUT2D eigenvalue weighted by Crippen LogP contribution is -2.51. The van der Waals surface area contributed by atoms with Gasteiger partial charge in [0.15, 0.2) is 11.5 Å². The number of hydrogen-bond acceptors (Lipinski definition) is 7. The van der Waals surface area contributed by atoms with Crippen molar-refractivity contribution in [3.8, 4) is 11.5 Å². The number of likely N-dealkylation sites (N-methyl/N-ethyl adjacent to an activating group) is 1. The summed E-state index contributed by atoms with van der Waals surface area (Å²) in [6, 6.07) is 10.4. The smallest absolute Gasteiger partial charge is 0.387 e. The Morgan fingerprint density at radius 2 is 1.78 bits per heavy atom. The third-order valence-electron chi connectivity index (χ3n) is 8.21. The number of carbonyl (C=O) groups excluding carboxylic acids is 2. The number of methoxy groups -OCH3 is 1. The van der Waals surface area contributed by atoms with Gasteiger partial charge in [0.05, 0.1) is 31.5 Å². The van der Waals surface area contributed by atoms with Crippen molar-refractivity contribution >= 4 is 17.5 Å². The van der Waals surface area contributed by atoms with Gasteiger partial charge >= 0.3 is 6.61 Å². The van der Waals surface area contributed by atoms with Gasteiger partial charge in [0.2, 0.25) is 5.91 Å². The molecule has 0 radical (unpaired) electrons. The fourth-order valence-electron chi connectivity index (χ4n) is 5.92. The number of piperazine rings is 1. The Hall–Kier alpha value is -3.57. The highest BCUT2D eigenvalue weighted by Gasteiger charge is 2.37. The zero-order valence-corrected chi connectivity index (χ0v) is 23.6. The van der Waals surface area contributed by atoms with Gasteiger partial charge in [-0.15, -0.1) is 0 Å². The molecular formula is C30H36F2N4O5. The minimum absolute atomic E-state index is 0.0404. The van der Waals surface area contributed by atoms with Crippen LogP contribution in [0.5, 0.6) is 11.5 Å². The number of carbonyl (C=O) groups is 2. The number of hydrogen-bond donors (Lipinski definition) is 1. The van der Waals surface area contributed by atoms with Gasteiger partial charge in [0, 0.05) is 62.9 Å². The summed E-state index contributed by atoms with van der Waals surface area (Å²) < 4.78 is 36.4.